The van der Waals surface area contributed by atoms with Gasteiger partial charge in [-0.15, -0.1) is 0 Å². The Morgan fingerprint density at radius 3 is 2.26 bits per heavy atom. The van der Waals surface area contributed by atoms with E-state index in [1.165, 1.54) is 19.3 Å². The van der Waals surface area contributed by atoms with Crippen molar-refractivity contribution < 1.29 is 28.6 Å². The van der Waals surface area contributed by atoms with Gasteiger partial charge in [0.1, 0.15) is 24.5 Å². The lowest BCUT2D eigenvalue weighted by atomic mass is 10.1. The molecule has 0 bridgehead atoms. The third-order valence-corrected chi connectivity index (χ3v) is 4.70. The van der Waals surface area contributed by atoms with Crippen LogP contribution in [0.5, 0.6) is 17.2 Å². The van der Waals surface area contributed by atoms with E-state index >= 15 is 0 Å². The fourth-order valence-corrected chi connectivity index (χ4v) is 3.27. The molecular formula is C22H21ClN2O6. The van der Waals surface area contributed by atoms with Crippen molar-refractivity contribution >= 4 is 35.5 Å². The molecule has 1 saturated heterocycles. The summed E-state index contributed by atoms with van der Waals surface area (Å²) in [6.45, 7) is 4.50. The first-order valence-electron chi connectivity index (χ1n) is 9.37. The predicted octanol–water partition coefficient (Wildman–Crippen LogP) is 3.17. The number of benzene rings is 2. The van der Waals surface area contributed by atoms with Crippen LogP contribution < -0.4 is 24.8 Å². The number of hydrogen-bond acceptors (Lipinski definition) is 6. The van der Waals surface area contributed by atoms with Gasteiger partial charge in [0, 0.05) is 0 Å². The van der Waals surface area contributed by atoms with Crippen molar-refractivity contribution in [1.29, 1.82) is 0 Å². The Labute approximate surface area is 184 Å². The molecule has 1 fully saturated rings. The summed E-state index contributed by atoms with van der Waals surface area (Å²) in [6, 6.07) is 8.14. The number of nitrogens with one attached hydrogen (secondary N) is 2. The molecule has 0 aromatic heterocycles. The van der Waals surface area contributed by atoms with Crippen LogP contribution in [0.4, 0.5) is 4.79 Å². The van der Waals surface area contributed by atoms with Crippen LogP contribution in [0.2, 0.25) is 5.02 Å². The number of imide groups is 2. The second kappa shape index (κ2) is 9.53. The van der Waals surface area contributed by atoms with E-state index in [0.29, 0.717) is 23.7 Å². The van der Waals surface area contributed by atoms with E-state index in [1.54, 1.807) is 6.07 Å². The molecule has 162 valence electrons. The summed E-state index contributed by atoms with van der Waals surface area (Å²) in [4.78, 5) is 35.0. The Hall–Kier alpha value is -3.52. The van der Waals surface area contributed by atoms with E-state index in [4.69, 9.17) is 25.8 Å². The molecule has 0 saturated carbocycles. The molecule has 4 amide bonds. The van der Waals surface area contributed by atoms with Gasteiger partial charge in [-0.2, -0.15) is 0 Å². The molecule has 9 heteroatoms. The van der Waals surface area contributed by atoms with Crippen molar-refractivity contribution in [2.24, 2.45) is 0 Å². The highest BCUT2D eigenvalue weighted by molar-refractivity contribution is 6.33. The summed E-state index contributed by atoms with van der Waals surface area (Å²) < 4.78 is 16.8. The highest BCUT2D eigenvalue weighted by Gasteiger charge is 2.28. The number of methoxy groups -OCH3 is 1. The van der Waals surface area contributed by atoms with Gasteiger partial charge in [0.15, 0.2) is 11.5 Å². The maximum Gasteiger partial charge on any atom is 0.328 e. The van der Waals surface area contributed by atoms with Crippen molar-refractivity contribution in [3.05, 3.63) is 57.6 Å². The number of aryl methyl sites for hydroxylation is 2. The zero-order chi connectivity index (χ0) is 22.5. The SMILES string of the molecule is COc1cc(C=C2C(=O)NC(=O)NC2=O)cc(Cl)c1OCCOc1ccc(C)cc1C. The molecule has 0 spiro atoms. The Morgan fingerprint density at radius 1 is 0.935 bits per heavy atom. The largest absolute Gasteiger partial charge is 0.493 e. The summed E-state index contributed by atoms with van der Waals surface area (Å²) >= 11 is 6.34. The molecule has 2 aromatic rings. The number of barbiturate groups is 1. The van der Waals surface area contributed by atoms with Crippen LogP contribution in [0, 0.1) is 13.8 Å². The second-order valence-corrected chi connectivity index (χ2v) is 7.20. The van der Waals surface area contributed by atoms with Crippen LogP contribution in [0.3, 0.4) is 0 Å². The minimum Gasteiger partial charge on any atom is -0.493 e. The molecule has 3 rings (SSSR count). The van der Waals surface area contributed by atoms with Gasteiger partial charge in [0.2, 0.25) is 0 Å². The molecule has 0 unspecified atom stereocenters. The minimum atomic E-state index is -0.866. The average molecular weight is 445 g/mol. The van der Waals surface area contributed by atoms with E-state index in [9.17, 15) is 14.4 Å². The molecule has 8 nitrogen and oxygen atoms in total. The van der Waals surface area contributed by atoms with Gasteiger partial charge in [-0.3, -0.25) is 20.2 Å². The topological polar surface area (TPSA) is 103 Å². The summed E-state index contributed by atoms with van der Waals surface area (Å²) in [5.74, 6) is -0.195. The van der Waals surface area contributed by atoms with Gasteiger partial charge in [-0.05, 0) is 49.2 Å². The lowest BCUT2D eigenvalue weighted by Gasteiger charge is -2.16. The average Bonchev–Trinajstić information content (AvgIpc) is 2.70. The van der Waals surface area contributed by atoms with Crippen molar-refractivity contribution in [1.82, 2.24) is 10.6 Å². The second-order valence-electron chi connectivity index (χ2n) is 6.80. The Kier molecular flexibility index (Phi) is 6.81. The lowest BCUT2D eigenvalue weighted by Crippen LogP contribution is -2.51. The van der Waals surface area contributed by atoms with Gasteiger partial charge in [0.05, 0.1) is 12.1 Å². The fraction of sp³-hybridized carbons (Fsp3) is 0.227. The molecule has 1 aliphatic rings. The number of amides is 4. The summed E-state index contributed by atoms with van der Waals surface area (Å²) in [5.41, 5.74) is 2.39. The molecule has 31 heavy (non-hydrogen) atoms. The van der Waals surface area contributed by atoms with Crippen molar-refractivity contribution in [3.8, 4) is 17.2 Å². The maximum atomic E-state index is 11.9. The van der Waals surface area contributed by atoms with Crippen LogP contribution in [0.15, 0.2) is 35.9 Å². The summed E-state index contributed by atoms with van der Waals surface area (Å²) in [7, 11) is 1.44. The van der Waals surface area contributed by atoms with E-state index in [2.05, 4.69) is 0 Å². The van der Waals surface area contributed by atoms with Gasteiger partial charge in [0.25, 0.3) is 11.8 Å². The highest BCUT2D eigenvalue weighted by atomic mass is 35.5. The third kappa shape index (κ3) is 5.35. The van der Waals surface area contributed by atoms with E-state index < -0.39 is 17.8 Å². The highest BCUT2D eigenvalue weighted by Crippen LogP contribution is 2.37. The van der Waals surface area contributed by atoms with Crippen molar-refractivity contribution in [2.45, 2.75) is 13.8 Å². The number of urea groups is 1. The quantitative estimate of drug-likeness (QED) is 0.386. The standard InChI is InChI=1S/C22H21ClN2O6/c1-12-4-5-17(13(2)8-12)30-6-7-31-19-16(23)10-14(11-18(19)29-3)9-15-20(26)24-22(28)25-21(15)27/h4-5,8-11H,6-7H2,1-3H3,(H2,24,25,26,27,28). The van der Waals surface area contributed by atoms with E-state index in [0.717, 1.165) is 16.9 Å². The Morgan fingerprint density at radius 2 is 1.61 bits per heavy atom. The molecule has 1 heterocycles. The van der Waals surface area contributed by atoms with Crippen LogP contribution in [0.1, 0.15) is 16.7 Å². The van der Waals surface area contributed by atoms with E-state index in [-0.39, 0.29) is 17.2 Å². The van der Waals surface area contributed by atoms with Gasteiger partial charge >= 0.3 is 6.03 Å². The van der Waals surface area contributed by atoms with Crippen molar-refractivity contribution in [2.75, 3.05) is 20.3 Å². The molecule has 0 aliphatic carbocycles. The van der Waals surface area contributed by atoms with Crippen LogP contribution in [-0.2, 0) is 9.59 Å². The van der Waals surface area contributed by atoms with Crippen LogP contribution >= 0.6 is 11.6 Å². The third-order valence-electron chi connectivity index (χ3n) is 4.42. The first-order valence-corrected chi connectivity index (χ1v) is 9.75. The molecule has 1 aliphatic heterocycles. The summed E-state index contributed by atoms with van der Waals surface area (Å²) in [6.07, 6.45) is 1.30. The van der Waals surface area contributed by atoms with Gasteiger partial charge in [-0.1, -0.05) is 29.3 Å². The number of ether oxygens (including phenoxy) is 3. The smallest absolute Gasteiger partial charge is 0.328 e. The number of carbonyl (C=O) groups is 3. The van der Waals surface area contributed by atoms with Crippen molar-refractivity contribution in [3.63, 3.8) is 0 Å². The van der Waals surface area contributed by atoms with Gasteiger partial charge < -0.3 is 14.2 Å². The van der Waals surface area contributed by atoms with Crippen LogP contribution in [0.25, 0.3) is 6.08 Å². The molecule has 2 aromatic carbocycles. The molecule has 0 radical (unpaired) electrons. The first-order chi connectivity index (χ1) is 14.8. The Balaban J connectivity index is 1.71. The van der Waals surface area contributed by atoms with Gasteiger partial charge in [-0.25, -0.2) is 4.79 Å². The monoisotopic (exact) mass is 444 g/mol. The number of rotatable bonds is 7. The zero-order valence-electron chi connectivity index (χ0n) is 17.2. The van der Waals surface area contributed by atoms with E-state index in [1.807, 2.05) is 42.7 Å². The predicted molar refractivity (Wildman–Crippen MR) is 115 cm³/mol. The van der Waals surface area contributed by atoms with Crippen LogP contribution in [-0.4, -0.2) is 38.2 Å². The Bertz CT molecular complexity index is 1060. The fourth-order valence-electron chi connectivity index (χ4n) is 2.99. The number of hydrogen-bond donors (Lipinski definition) is 2. The number of carbonyl (C=O) groups excluding carboxylic acids is 3. The first kappa shape index (κ1) is 22.2. The number of halogens is 1. The maximum absolute atomic E-state index is 11.9. The zero-order valence-corrected chi connectivity index (χ0v) is 18.0. The molecular weight excluding hydrogens is 424 g/mol. The minimum absolute atomic E-state index is 0.219. The lowest BCUT2D eigenvalue weighted by molar-refractivity contribution is -0.123. The molecule has 2 N–H and O–H groups in total. The summed E-state index contributed by atoms with van der Waals surface area (Å²) in [5, 5.41) is 4.24. The molecule has 0 atom stereocenters. The normalized spacial score (nSPS) is 13.4.